The lowest BCUT2D eigenvalue weighted by molar-refractivity contribution is -0.277. The van der Waals surface area contributed by atoms with Crippen molar-refractivity contribution in [3.05, 3.63) is 64.3 Å². The Balaban J connectivity index is 1.48. The average molecular weight is 689 g/mol. The lowest BCUT2D eigenvalue weighted by Crippen LogP contribution is -2.60. The van der Waals surface area contributed by atoms with Crippen molar-refractivity contribution < 1.29 is 73.7 Å². The molecule has 3 aromatic carbocycles. The van der Waals surface area contributed by atoms with Gasteiger partial charge in [-0.15, -0.1) is 0 Å². The molecule has 0 unspecified atom stereocenters. The first kappa shape index (κ1) is 35.5. The van der Waals surface area contributed by atoms with E-state index in [-0.39, 0.29) is 62.4 Å². The highest BCUT2D eigenvalue weighted by Gasteiger charge is 2.44. The fraction of sp³-hybridized carbons (Fsp3) is 0.364. The monoisotopic (exact) mass is 688 g/mol. The standard InChI is InChI=1S/C33H36O16/c1-43-21-6-14(4-5-17(21)36)28(39)25(12-34)48-32-23(44-2)7-15(8-24(32)45-3)20-11-19(38)27-18(37)9-16(10-22(27)47-20)46-33-31(42)30(41)29(40)26(13-35)49-33/h4-11,25-26,28-31,33-37,39-42H,12-13H2,1-3H3/t25-,26+,28+,29+,30-,31+,33+/m0/s1. The van der Waals surface area contributed by atoms with E-state index in [4.69, 9.17) is 32.8 Å². The lowest BCUT2D eigenvalue weighted by atomic mass is 9.99. The second-order valence-corrected chi connectivity index (χ2v) is 11.0. The molecule has 1 saturated heterocycles. The van der Waals surface area contributed by atoms with Gasteiger partial charge in [-0.25, -0.2) is 0 Å². The number of phenols is 2. The molecule has 4 aromatic rings. The van der Waals surface area contributed by atoms with E-state index in [1.807, 2.05) is 0 Å². The summed E-state index contributed by atoms with van der Waals surface area (Å²) in [6.45, 7) is -1.33. The number of fused-ring (bicyclic) bond motifs is 1. The number of aliphatic hydroxyl groups is 6. The molecule has 16 heteroatoms. The largest absolute Gasteiger partial charge is 0.507 e. The van der Waals surface area contributed by atoms with E-state index in [0.29, 0.717) is 0 Å². The lowest BCUT2D eigenvalue weighted by Gasteiger charge is -2.39. The summed E-state index contributed by atoms with van der Waals surface area (Å²) in [6, 6.07) is 10.5. The van der Waals surface area contributed by atoms with Crippen LogP contribution in [0.4, 0.5) is 0 Å². The van der Waals surface area contributed by atoms with Crippen molar-refractivity contribution in [1.29, 1.82) is 0 Å². The van der Waals surface area contributed by atoms with Gasteiger partial charge in [0, 0.05) is 23.8 Å². The second-order valence-electron chi connectivity index (χ2n) is 11.0. The number of benzene rings is 3. The zero-order valence-corrected chi connectivity index (χ0v) is 26.4. The summed E-state index contributed by atoms with van der Waals surface area (Å²) in [5.41, 5.74) is -0.254. The van der Waals surface area contributed by atoms with Crippen molar-refractivity contribution in [3.63, 3.8) is 0 Å². The van der Waals surface area contributed by atoms with E-state index in [9.17, 15) is 45.6 Å². The summed E-state index contributed by atoms with van der Waals surface area (Å²) in [4.78, 5) is 13.2. The van der Waals surface area contributed by atoms with E-state index in [1.165, 1.54) is 57.7 Å². The molecule has 7 atom stereocenters. The Hall–Kier alpha value is -4.81. The number of rotatable bonds is 12. The third-order valence-electron chi connectivity index (χ3n) is 7.98. The molecule has 0 aliphatic carbocycles. The molecule has 264 valence electrons. The SMILES string of the molecule is COc1cc([C@@H](O)[C@H](CO)Oc2c(OC)cc(-c3cc(=O)c4c(O)cc(O[C@@H]5O[C@H](CO)[C@@H](O)[C@H](O)[C@H]5O)cc4o3)cc2OC)ccc1O. The molecule has 2 heterocycles. The molecule has 1 aliphatic rings. The summed E-state index contributed by atoms with van der Waals surface area (Å²) in [5, 5.41) is 81.5. The maximum atomic E-state index is 13.2. The maximum absolute atomic E-state index is 13.2. The summed E-state index contributed by atoms with van der Waals surface area (Å²) in [7, 11) is 4.01. The molecule has 0 bridgehead atoms. The van der Waals surface area contributed by atoms with Gasteiger partial charge in [-0.3, -0.25) is 4.79 Å². The van der Waals surface area contributed by atoms with Crippen molar-refractivity contribution in [2.45, 2.75) is 42.9 Å². The van der Waals surface area contributed by atoms with E-state index >= 15 is 0 Å². The van der Waals surface area contributed by atoms with Crippen LogP contribution in [0.3, 0.4) is 0 Å². The summed E-state index contributed by atoms with van der Waals surface area (Å²) >= 11 is 0. The minimum Gasteiger partial charge on any atom is -0.507 e. The molecule has 8 N–H and O–H groups in total. The van der Waals surface area contributed by atoms with Gasteiger partial charge in [-0.2, -0.15) is 0 Å². The van der Waals surface area contributed by atoms with Crippen LogP contribution in [-0.4, -0.2) is 112 Å². The Morgan fingerprint density at radius 3 is 2.10 bits per heavy atom. The molecule has 49 heavy (non-hydrogen) atoms. The minimum absolute atomic E-state index is 0.00594. The molecule has 0 amide bonds. The van der Waals surface area contributed by atoms with Gasteiger partial charge in [0.25, 0.3) is 0 Å². The normalized spacial score (nSPS) is 21.9. The van der Waals surface area contributed by atoms with Crippen LogP contribution in [0, 0.1) is 0 Å². The molecule has 5 rings (SSSR count). The first-order valence-corrected chi connectivity index (χ1v) is 14.8. The third kappa shape index (κ3) is 7.02. The van der Waals surface area contributed by atoms with Gasteiger partial charge in [0.2, 0.25) is 12.0 Å². The predicted molar refractivity (Wildman–Crippen MR) is 168 cm³/mol. The molecular weight excluding hydrogens is 652 g/mol. The fourth-order valence-electron chi connectivity index (χ4n) is 5.34. The van der Waals surface area contributed by atoms with Gasteiger partial charge in [0.15, 0.2) is 34.5 Å². The molecule has 0 saturated carbocycles. The summed E-state index contributed by atoms with van der Waals surface area (Å²) < 4.78 is 39.1. The highest BCUT2D eigenvalue weighted by molar-refractivity contribution is 5.86. The van der Waals surface area contributed by atoms with Crippen LogP contribution in [0.1, 0.15) is 11.7 Å². The molecule has 1 aliphatic heterocycles. The maximum Gasteiger partial charge on any atom is 0.229 e. The Kier molecular flexibility index (Phi) is 10.7. The number of ether oxygens (including phenoxy) is 6. The number of aromatic hydroxyl groups is 2. The van der Waals surface area contributed by atoms with Crippen LogP contribution in [0.15, 0.2) is 57.7 Å². The first-order chi connectivity index (χ1) is 23.4. The Labute approximate surface area is 278 Å². The number of aliphatic hydroxyl groups excluding tert-OH is 6. The van der Waals surface area contributed by atoms with E-state index in [2.05, 4.69) is 0 Å². The van der Waals surface area contributed by atoms with Crippen molar-refractivity contribution in [3.8, 4) is 51.6 Å². The van der Waals surface area contributed by atoms with Crippen LogP contribution in [-0.2, 0) is 4.74 Å². The average Bonchev–Trinajstić information content (AvgIpc) is 3.10. The van der Waals surface area contributed by atoms with Gasteiger partial charge < -0.3 is 73.7 Å². The van der Waals surface area contributed by atoms with Crippen molar-refractivity contribution >= 4 is 11.0 Å². The first-order valence-electron chi connectivity index (χ1n) is 14.8. The number of hydrogen-bond acceptors (Lipinski definition) is 16. The van der Waals surface area contributed by atoms with Gasteiger partial charge in [-0.05, 0) is 29.8 Å². The van der Waals surface area contributed by atoms with Crippen molar-refractivity contribution in [2.75, 3.05) is 34.5 Å². The van der Waals surface area contributed by atoms with Crippen molar-refractivity contribution in [2.24, 2.45) is 0 Å². The highest BCUT2D eigenvalue weighted by atomic mass is 16.7. The molecule has 16 nitrogen and oxygen atoms in total. The predicted octanol–water partition coefficient (Wildman–Crippen LogP) is 0.549. The molecule has 1 fully saturated rings. The van der Waals surface area contributed by atoms with Crippen LogP contribution >= 0.6 is 0 Å². The smallest absolute Gasteiger partial charge is 0.229 e. The van der Waals surface area contributed by atoms with E-state index in [0.717, 1.165) is 12.1 Å². The molecule has 0 spiro atoms. The molecular formula is C33H36O16. The van der Waals surface area contributed by atoms with Crippen LogP contribution < -0.4 is 29.1 Å². The number of phenolic OH excluding ortho intramolecular Hbond substituents is 2. The third-order valence-corrected chi connectivity index (χ3v) is 7.98. The summed E-state index contributed by atoms with van der Waals surface area (Å²) in [5.74, 6) is -0.613. The summed E-state index contributed by atoms with van der Waals surface area (Å²) in [6.07, 6.45) is -10.5. The van der Waals surface area contributed by atoms with Gasteiger partial charge in [0.1, 0.15) is 58.7 Å². The van der Waals surface area contributed by atoms with Gasteiger partial charge >= 0.3 is 0 Å². The quantitative estimate of drug-likeness (QED) is 0.101. The van der Waals surface area contributed by atoms with Crippen LogP contribution in [0.2, 0.25) is 0 Å². The number of methoxy groups -OCH3 is 3. The van der Waals surface area contributed by atoms with Crippen molar-refractivity contribution in [1.82, 2.24) is 0 Å². The Bertz CT molecular complexity index is 1810. The van der Waals surface area contributed by atoms with E-state index < -0.39 is 67.3 Å². The van der Waals surface area contributed by atoms with Gasteiger partial charge in [0.05, 0.1) is 34.5 Å². The highest BCUT2D eigenvalue weighted by Crippen LogP contribution is 2.44. The van der Waals surface area contributed by atoms with Crippen LogP contribution in [0.25, 0.3) is 22.3 Å². The molecule has 0 radical (unpaired) electrons. The molecule has 1 aromatic heterocycles. The fourth-order valence-corrected chi connectivity index (χ4v) is 5.34. The second kappa shape index (κ2) is 14.8. The number of hydrogen-bond donors (Lipinski definition) is 8. The van der Waals surface area contributed by atoms with Crippen LogP contribution in [0.5, 0.6) is 40.2 Å². The zero-order chi connectivity index (χ0) is 35.6. The Morgan fingerprint density at radius 2 is 1.49 bits per heavy atom. The van der Waals surface area contributed by atoms with E-state index in [1.54, 1.807) is 0 Å². The van der Waals surface area contributed by atoms with Gasteiger partial charge in [-0.1, -0.05) is 6.07 Å². The topological polar surface area (TPSA) is 247 Å². The Morgan fingerprint density at radius 1 is 0.816 bits per heavy atom. The minimum atomic E-state index is -1.73. The zero-order valence-electron chi connectivity index (χ0n) is 26.4.